The van der Waals surface area contributed by atoms with Crippen LogP contribution in [0.4, 0.5) is 5.69 Å². The monoisotopic (exact) mass is 413 g/mol. The third-order valence-electron chi connectivity index (χ3n) is 5.87. The molecule has 6 heteroatoms. The van der Waals surface area contributed by atoms with Crippen LogP contribution < -0.4 is 15.0 Å². The van der Waals surface area contributed by atoms with Crippen LogP contribution in [-0.4, -0.2) is 50.6 Å². The minimum atomic E-state index is -0.106. The van der Waals surface area contributed by atoms with Crippen molar-refractivity contribution in [1.82, 2.24) is 10.2 Å². The smallest absolute Gasteiger partial charge is 0.258 e. The van der Waals surface area contributed by atoms with Gasteiger partial charge in [-0.25, -0.2) is 0 Å². The molecular formula is C23H28ClN3O2. The third-order valence-corrected chi connectivity index (χ3v) is 6.13. The van der Waals surface area contributed by atoms with E-state index in [2.05, 4.69) is 40.4 Å². The van der Waals surface area contributed by atoms with E-state index in [0.717, 1.165) is 26.1 Å². The van der Waals surface area contributed by atoms with Crippen LogP contribution in [-0.2, 0) is 11.2 Å². The number of anilines is 1. The maximum atomic E-state index is 12.4. The second-order valence-electron chi connectivity index (χ2n) is 7.87. The van der Waals surface area contributed by atoms with Crippen LogP contribution in [0.3, 0.4) is 0 Å². The lowest BCUT2D eigenvalue weighted by Gasteiger charge is -2.29. The standard InChI is InChI=1S/C23H28ClN3O2/c1-26-13-10-18-14-17(4-9-21(18)26)22(27-11-2-3-12-27)15-25-23(28)16-29-20-7-5-19(24)6-8-20/h4-9,14,22H,2-3,10-13,15-16H2,1H3,(H,25,28). The van der Waals surface area contributed by atoms with Gasteiger partial charge in [0.25, 0.3) is 5.91 Å². The number of nitrogens with zero attached hydrogens (tertiary/aromatic N) is 2. The summed E-state index contributed by atoms with van der Waals surface area (Å²) >= 11 is 5.88. The molecule has 154 valence electrons. The summed E-state index contributed by atoms with van der Waals surface area (Å²) in [7, 11) is 2.14. The van der Waals surface area contributed by atoms with Gasteiger partial charge in [0.05, 0.1) is 6.04 Å². The van der Waals surface area contributed by atoms with E-state index in [4.69, 9.17) is 16.3 Å². The van der Waals surface area contributed by atoms with Gasteiger partial charge in [0.15, 0.2) is 6.61 Å². The molecule has 2 aromatic carbocycles. The Hall–Kier alpha value is -2.24. The molecule has 29 heavy (non-hydrogen) atoms. The Morgan fingerprint density at radius 3 is 2.66 bits per heavy atom. The molecule has 2 aromatic rings. The maximum absolute atomic E-state index is 12.4. The molecule has 1 fully saturated rings. The summed E-state index contributed by atoms with van der Waals surface area (Å²) in [5.41, 5.74) is 4.03. The lowest BCUT2D eigenvalue weighted by Crippen LogP contribution is -2.38. The zero-order chi connectivity index (χ0) is 20.2. The lowest BCUT2D eigenvalue weighted by atomic mass is 10.0. The van der Waals surface area contributed by atoms with Crippen molar-refractivity contribution >= 4 is 23.2 Å². The van der Waals surface area contributed by atoms with E-state index >= 15 is 0 Å². The van der Waals surface area contributed by atoms with Crippen LogP contribution in [0.1, 0.15) is 30.0 Å². The van der Waals surface area contributed by atoms with Gasteiger partial charge >= 0.3 is 0 Å². The van der Waals surface area contributed by atoms with E-state index in [1.54, 1.807) is 24.3 Å². The average Bonchev–Trinajstić information content (AvgIpc) is 3.38. The Morgan fingerprint density at radius 2 is 1.90 bits per heavy atom. The molecule has 1 amide bonds. The Bertz CT molecular complexity index is 850. The van der Waals surface area contributed by atoms with Crippen LogP contribution in [0, 0.1) is 0 Å². The fourth-order valence-electron chi connectivity index (χ4n) is 4.25. The molecule has 2 aliphatic heterocycles. The third kappa shape index (κ3) is 4.85. The van der Waals surface area contributed by atoms with Gasteiger partial charge in [-0.1, -0.05) is 23.7 Å². The van der Waals surface area contributed by atoms with Crippen molar-refractivity contribution in [3.63, 3.8) is 0 Å². The molecule has 1 atom stereocenters. The number of hydrogen-bond acceptors (Lipinski definition) is 4. The molecule has 1 saturated heterocycles. The van der Waals surface area contributed by atoms with Gasteiger partial charge in [0.2, 0.25) is 0 Å². The zero-order valence-electron chi connectivity index (χ0n) is 16.9. The van der Waals surface area contributed by atoms with Crippen molar-refractivity contribution in [2.24, 2.45) is 0 Å². The summed E-state index contributed by atoms with van der Waals surface area (Å²) in [6.45, 7) is 3.84. The van der Waals surface area contributed by atoms with Crippen LogP contribution in [0.5, 0.6) is 5.75 Å². The largest absolute Gasteiger partial charge is 0.484 e. The molecule has 1 N–H and O–H groups in total. The summed E-state index contributed by atoms with van der Waals surface area (Å²) in [4.78, 5) is 17.2. The first-order valence-corrected chi connectivity index (χ1v) is 10.7. The number of halogens is 1. The van der Waals surface area contributed by atoms with E-state index < -0.39 is 0 Å². The van der Waals surface area contributed by atoms with Gasteiger partial charge in [0.1, 0.15) is 5.75 Å². The number of fused-ring (bicyclic) bond motifs is 1. The van der Waals surface area contributed by atoms with Gasteiger partial charge in [-0.15, -0.1) is 0 Å². The van der Waals surface area contributed by atoms with Gasteiger partial charge in [-0.3, -0.25) is 9.69 Å². The van der Waals surface area contributed by atoms with Crippen LogP contribution in [0.2, 0.25) is 5.02 Å². The molecule has 0 saturated carbocycles. The van der Waals surface area contributed by atoms with Crippen molar-refractivity contribution < 1.29 is 9.53 Å². The molecule has 5 nitrogen and oxygen atoms in total. The molecule has 2 heterocycles. The minimum Gasteiger partial charge on any atom is -0.484 e. The van der Waals surface area contributed by atoms with E-state index in [1.807, 2.05) is 0 Å². The van der Waals surface area contributed by atoms with Gasteiger partial charge in [0, 0.05) is 30.8 Å². The number of amides is 1. The fourth-order valence-corrected chi connectivity index (χ4v) is 4.37. The molecule has 0 bridgehead atoms. The van der Waals surface area contributed by atoms with E-state index in [0.29, 0.717) is 17.3 Å². The van der Waals surface area contributed by atoms with E-state index in [1.165, 1.54) is 29.7 Å². The number of rotatable bonds is 7. The number of likely N-dealkylation sites (N-methyl/N-ethyl adjacent to an activating group) is 1. The quantitative estimate of drug-likeness (QED) is 0.752. The molecule has 0 aromatic heterocycles. The van der Waals surface area contributed by atoms with E-state index in [-0.39, 0.29) is 18.6 Å². The Labute approximate surface area is 177 Å². The van der Waals surface area contributed by atoms with Gasteiger partial charge in [-0.2, -0.15) is 0 Å². The van der Waals surface area contributed by atoms with Crippen LogP contribution >= 0.6 is 11.6 Å². The zero-order valence-corrected chi connectivity index (χ0v) is 17.6. The maximum Gasteiger partial charge on any atom is 0.258 e. The van der Waals surface area contributed by atoms with Gasteiger partial charge < -0.3 is 15.0 Å². The molecule has 4 rings (SSSR count). The number of carbonyl (C=O) groups is 1. The summed E-state index contributed by atoms with van der Waals surface area (Å²) < 4.78 is 5.57. The van der Waals surface area contributed by atoms with Crippen LogP contribution in [0.15, 0.2) is 42.5 Å². The molecule has 0 spiro atoms. The molecular weight excluding hydrogens is 386 g/mol. The lowest BCUT2D eigenvalue weighted by molar-refractivity contribution is -0.123. The fraction of sp³-hybridized carbons (Fsp3) is 0.435. The number of ether oxygens (including phenoxy) is 1. The van der Waals surface area contributed by atoms with Crippen LogP contribution in [0.25, 0.3) is 0 Å². The normalized spacial score (nSPS) is 17.2. The highest BCUT2D eigenvalue weighted by Crippen LogP contribution is 2.32. The number of hydrogen-bond donors (Lipinski definition) is 1. The average molecular weight is 414 g/mol. The number of likely N-dealkylation sites (tertiary alicyclic amines) is 1. The minimum absolute atomic E-state index is 0.00331. The second kappa shape index (κ2) is 9.06. The Balaban J connectivity index is 1.38. The van der Waals surface area contributed by atoms with E-state index in [9.17, 15) is 4.79 Å². The summed E-state index contributed by atoms with van der Waals surface area (Å²) in [5, 5.41) is 3.72. The molecule has 0 radical (unpaired) electrons. The first-order valence-electron chi connectivity index (χ1n) is 10.3. The van der Waals surface area contributed by atoms with Crippen molar-refractivity contribution in [1.29, 1.82) is 0 Å². The molecule has 1 unspecified atom stereocenters. The second-order valence-corrected chi connectivity index (χ2v) is 8.30. The molecule has 2 aliphatic rings. The topological polar surface area (TPSA) is 44.8 Å². The van der Waals surface area contributed by atoms with Crippen molar-refractivity contribution in [2.75, 3.05) is 44.7 Å². The van der Waals surface area contributed by atoms with Crippen molar-refractivity contribution in [3.8, 4) is 5.75 Å². The predicted molar refractivity (Wildman–Crippen MR) is 117 cm³/mol. The van der Waals surface area contributed by atoms with Crippen molar-refractivity contribution in [2.45, 2.75) is 25.3 Å². The number of benzene rings is 2. The van der Waals surface area contributed by atoms with Crippen molar-refractivity contribution in [3.05, 3.63) is 58.6 Å². The Kier molecular flexibility index (Phi) is 6.26. The highest BCUT2D eigenvalue weighted by molar-refractivity contribution is 6.30. The Morgan fingerprint density at radius 1 is 1.14 bits per heavy atom. The molecule has 0 aliphatic carbocycles. The highest BCUT2D eigenvalue weighted by Gasteiger charge is 2.26. The van der Waals surface area contributed by atoms with Gasteiger partial charge in [-0.05, 0) is 73.8 Å². The summed E-state index contributed by atoms with van der Waals surface area (Å²) in [5.74, 6) is 0.536. The predicted octanol–water partition coefficient (Wildman–Crippen LogP) is 3.66. The number of carbonyl (C=O) groups excluding carboxylic acids is 1. The first kappa shape index (κ1) is 20.0. The SMILES string of the molecule is CN1CCc2cc(C(CNC(=O)COc3ccc(Cl)cc3)N3CCCC3)ccc21. The number of nitrogens with one attached hydrogen (secondary N) is 1. The first-order chi connectivity index (χ1) is 14.1. The summed E-state index contributed by atoms with van der Waals surface area (Å²) in [6.07, 6.45) is 3.53. The summed E-state index contributed by atoms with van der Waals surface area (Å²) in [6, 6.07) is 14.0. The highest BCUT2D eigenvalue weighted by atomic mass is 35.5.